The first-order chi connectivity index (χ1) is 11.8. The minimum absolute atomic E-state index is 0.964. The van der Waals surface area contributed by atoms with Crippen LogP contribution in [0.1, 0.15) is 117 Å². The molecule has 0 aromatic carbocycles. The minimum atomic E-state index is 0.964. The van der Waals surface area contributed by atoms with Crippen molar-refractivity contribution in [3.05, 3.63) is 0 Å². The zero-order chi connectivity index (χ0) is 17.7. The number of nitrogens with zero attached hydrogens (tertiary/aromatic N) is 2. The van der Waals surface area contributed by atoms with E-state index in [4.69, 9.17) is 0 Å². The summed E-state index contributed by atoms with van der Waals surface area (Å²) in [6.07, 6.45) is 23.5. The molecule has 1 radical (unpaired) electrons. The van der Waals surface area contributed by atoms with Gasteiger partial charge in [-0.3, -0.25) is 4.99 Å². The second-order valence-corrected chi connectivity index (χ2v) is 7.21. The van der Waals surface area contributed by atoms with Crippen LogP contribution in [0.15, 0.2) is 4.99 Å². The lowest BCUT2D eigenvalue weighted by Crippen LogP contribution is -2.24. The Morgan fingerprint density at radius 3 is 1.42 bits per heavy atom. The van der Waals surface area contributed by atoms with Gasteiger partial charge in [0, 0.05) is 19.6 Å². The first-order valence-electron chi connectivity index (χ1n) is 11.0. The fourth-order valence-electron chi connectivity index (χ4n) is 2.97. The molecule has 0 bridgehead atoms. The summed E-state index contributed by atoms with van der Waals surface area (Å²) in [7, 11) is 0. The molecule has 0 saturated carbocycles. The van der Waals surface area contributed by atoms with Crippen LogP contribution < -0.4 is 0 Å². The molecule has 0 amide bonds. The molecule has 0 spiro atoms. The van der Waals surface area contributed by atoms with Crippen molar-refractivity contribution in [3.63, 3.8) is 0 Å². The van der Waals surface area contributed by atoms with Gasteiger partial charge in [-0.1, -0.05) is 97.8 Å². The summed E-state index contributed by atoms with van der Waals surface area (Å²) in [5.41, 5.74) is 0. The lowest BCUT2D eigenvalue weighted by Gasteiger charge is -2.18. The molecular weight excluding hydrogens is 292 g/mol. The largest absolute Gasteiger partial charge is 0.354 e. The van der Waals surface area contributed by atoms with E-state index in [9.17, 15) is 0 Å². The monoisotopic (exact) mass is 337 g/mol. The SMILES string of the molecule is CCCCCCC/N=[C]/N(CCCCCCC)CCCCCCC. The van der Waals surface area contributed by atoms with Crippen LogP contribution in [0.5, 0.6) is 0 Å². The lowest BCUT2D eigenvalue weighted by atomic mass is 10.1. The van der Waals surface area contributed by atoms with E-state index < -0.39 is 0 Å². The fourth-order valence-corrected chi connectivity index (χ4v) is 2.97. The number of rotatable bonds is 19. The molecule has 0 aliphatic carbocycles. The summed E-state index contributed by atoms with van der Waals surface area (Å²) < 4.78 is 0. The molecule has 0 aliphatic rings. The van der Waals surface area contributed by atoms with Gasteiger partial charge in [0.1, 0.15) is 0 Å². The third-order valence-corrected chi connectivity index (χ3v) is 4.65. The fraction of sp³-hybridized carbons (Fsp3) is 0.955. The van der Waals surface area contributed by atoms with Gasteiger partial charge in [-0.25, -0.2) is 0 Å². The smallest absolute Gasteiger partial charge is 0.166 e. The quantitative estimate of drug-likeness (QED) is 0.106. The van der Waals surface area contributed by atoms with Gasteiger partial charge in [-0.05, 0) is 19.3 Å². The summed E-state index contributed by atoms with van der Waals surface area (Å²) in [5, 5.41) is 0. The van der Waals surface area contributed by atoms with Crippen LogP contribution in [-0.4, -0.2) is 30.9 Å². The number of aliphatic imine (C=N–C) groups is 1. The Hall–Kier alpha value is -0.530. The summed E-state index contributed by atoms with van der Waals surface area (Å²) in [4.78, 5) is 6.94. The van der Waals surface area contributed by atoms with Crippen LogP contribution in [0, 0.1) is 0 Å². The zero-order valence-electron chi connectivity index (χ0n) is 17.1. The average molecular weight is 338 g/mol. The van der Waals surface area contributed by atoms with Gasteiger partial charge in [-0.2, -0.15) is 0 Å². The second-order valence-electron chi connectivity index (χ2n) is 7.21. The predicted octanol–water partition coefficient (Wildman–Crippen LogP) is 7.10. The maximum atomic E-state index is 4.58. The van der Waals surface area contributed by atoms with Gasteiger partial charge in [-0.15, -0.1) is 0 Å². The molecule has 143 valence electrons. The van der Waals surface area contributed by atoms with Crippen molar-refractivity contribution in [2.24, 2.45) is 4.99 Å². The Morgan fingerprint density at radius 1 is 0.542 bits per heavy atom. The van der Waals surface area contributed by atoms with Crippen molar-refractivity contribution >= 4 is 6.34 Å². The highest BCUT2D eigenvalue weighted by atomic mass is 15.1. The van der Waals surface area contributed by atoms with Crippen LogP contribution in [0.2, 0.25) is 0 Å². The summed E-state index contributed by atoms with van der Waals surface area (Å²) in [5.74, 6) is 0. The molecule has 0 fully saturated rings. The highest BCUT2D eigenvalue weighted by molar-refractivity contribution is 5.54. The highest BCUT2D eigenvalue weighted by Crippen LogP contribution is 2.07. The molecule has 0 N–H and O–H groups in total. The lowest BCUT2D eigenvalue weighted by molar-refractivity contribution is 0.393. The molecule has 0 saturated heterocycles. The third-order valence-electron chi connectivity index (χ3n) is 4.65. The van der Waals surface area contributed by atoms with Crippen molar-refractivity contribution < 1.29 is 0 Å². The molecular formula is C22H45N2. The van der Waals surface area contributed by atoms with Crippen molar-refractivity contribution in [3.8, 4) is 0 Å². The Balaban J connectivity index is 3.87. The molecule has 0 aliphatic heterocycles. The third kappa shape index (κ3) is 17.8. The Kier molecular flexibility index (Phi) is 20.1. The van der Waals surface area contributed by atoms with Gasteiger partial charge < -0.3 is 4.90 Å². The molecule has 0 atom stereocenters. The molecule has 0 rings (SSSR count). The van der Waals surface area contributed by atoms with Gasteiger partial charge in [0.25, 0.3) is 0 Å². The topological polar surface area (TPSA) is 15.6 Å². The van der Waals surface area contributed by atoms with E-state index in [2.05, 4.69) is 37.0 Å². The van der Waals surface area contributed by atoms with Gasteiger partial charge in [0.15, 0.2) is 6.34 Å². The number of hydrogen-bond donors (Lipinski definition) is 0. The van der Waals surface area contributed by atoms with Crippen LogP contribution in [0.3, 0.4) is 0 Å². The van der Waals surface area contributed by atoms with Crippen LogP contribution in [0.4, 0.5) is 0 Å². The molecule has 0 heterocycles. The summed E-state index contributed by atoms with van der Waals surface area (Å²) in [6.45, 7) is 10.1. The summed E-state index contributed by atoms with van der Waals surface area (Å²) >= 11 is 0. The Bertz CT molecular complexity index is 236. The van der Waals surface area contributed by atoms with E-state index in [0.717, 1.165) is 19.6 Å². The van der Waals surface area contributed by atoms with E-state index in [1.165, 1.54) is 96.3 Å². The second kappa shape index (κ2) is 20.5. The maximum absolute atomic E-state index is 4.58. The van der Waals surface area contributed by atoms with Crippen LogP contribution in [-0.2, 0) is 0 Å². The number of hydrogen-bond acceptors (Lipinski definition) is 1. The minimum Gasteiger partial charge on any atom is -0.354 e. The Morgan fingerprint density at radius 2 is 0.958 bits per heavy atom. The van der Waals surface area contributed by atoms with E-state index in [0.29, 0.717) is 0 Å². The number of unbranched alkanes of at least 4 members (excludes halogenated alkanes) is 12. The molecule has 24 heavy (non-hydrogen) atoms. The average Bonchev–Trinajstić information content (AvgIpc) is 2.59. The first-order valence-corrected chi connectivity index (χ1v) is 11.0. The molecule has 0 aromatic heterocycles. The molecule has 2 nitrogen and oxygen atoms in total. The van der Waals surface area contributed by atoms with E-state index in [1.807, 2.05) is 0 Å². The summed E-state index contributed by atoms with van der Waals surface area (Å²) in [6, 6.07) is 0. The normalized spacial score (nSPS) is 11.5. The van der Waals surface area contributed by atoms with E-state index in [1.54, 1.807) is 0 Å². The van der Waals surface area contributed by atoms with Crippen molar-refractivity contribution in [2.75, 3.05) is 19.6 Å². The van der Waals surface area contributed by atoms with E-state index in [-0.39, 0.29) is 0 Å². The standard InChI is InChI=1S/C22H45N2/c1-4-7-10-13-16-19-23-22-24(20-17-14-11-8-5-2)21-18-15-12-9-6-3/h4-21H2,1-3H3. The maximum Gasteiger partial charge on any atom is 0.166 e. The van der Waals surface area contributed by atoms with Gasteiger partial charge >= 0.3 is 0 Å². The van der Waals surface area contributed by atoms with Gasteiger partial charge in [0.05, 0.1) is 0 Å². The molecule has 0 aromatic rings. The van der Waals surface area contributed by atoms with Crippen LogP contribution in [0.25, 0.3) is 0 Å². The zero-order valence-corrected chi connectivity index (χ0v) is 17.1. The van der Waals surface area contributed by atoms with Crippen LogP contribution >= 0.6 is 0 Å². The van der Waals surface area contributed by atoms with Gasteiger partial charge in [0.2, 0.25) is 0 Å². The Labute approximate surface area is 153 Å². The molecule has 0 unspecified atom stereocenters. The van der Waals surface area contributed by atoms with Crippen molar-refractivity contribution in [1.29, 1.82) is 0 Å². The van der Waals surface area contributed by atoms with E-state index >= 15 is 0 Å². The molecule has 2 heteroatoms. The highest BCUT2D eigenvalue weighted by Gasteiger charge is 2.01. The first kappa shape index (κ1) is 23.5. The predicted molar refractivity (Wildman–Crippen MR) is 110 cm³/mol. The van der Waals surface area contributed by atoms with Crippen molar-refractivity contribution in [1.82, 2.24) is 4.90 Å². The van der Waals surface area contributed by atoms with Crippen molar-refractivity contribution in [2.45, 2.75) is 117 Å².